The maximum Gasteiger partial charge on any atom is 0.277 e. The van der Waals surface area contributed by atoms with E-state index in [9.17, 15) is 4.79 Å². The van der Waals surface area contributed by atoms with Gasteiger partial charge in [0.15, 0.2) is 0 Å². The third-order valence-electron chi connectivity index (χ3n) is 4.66. The van der Waals surface area contributed by atoms with Crippen molar-refractivity contribution in [2.24, 2.45) is 0 Å². The van der Waals surface area contributed by atoms with Crippen LogP contribution in [-0.2, 0) is 4.79 Å². The zero-order chi connectivity index (χ0) is 20.2. The van der Waals surface area contributed by atoms with E-state index in [2.05, 4.69) is 31.1 Å². The normalized spacial score (nSPS) is 14.3. The van der Waals surface area contributed by atoms with E-state index in [0.29, 0.717) is 30.2 Å². The van der Waals surface area contributed by atoms with Crippen molar-refractivity contribution in [3.63, 3.8) is 0 Å². The van der Waals surface area contributed by atoms with Crippen molar-refractivity contribution in [2.45, 2.75) is 19.1 Å². The van der Waals surface area contributed by atoms with Crippen molar-refractivity contribution in [1.29, 1.82) is 0 Å². The van der Waals surface area contributed by atoms with Gasteiger partial charge in [-0.05, 0) is 32.0 Å². The summed E-state index contributed by atoms with van der Waals surface area (Å²) in [5, 5.41) is 8.60. The predicted octanol–water partition coefficient (Wildman–Crippen LogP) is 2.58. The number of aryl methyl sites for hydroxylation is 2. The summed E-state index contributed by atoms with van der Waals surface area (Å²) >= 11 is 1.27. The molecule has 3 heterocycles. The Morgan fingerprint density at radius 3 is 2.41 bits per heavy atom. The molecule has 2 aromatic heterocycles. The van der Waals surface area contributed by atoms with E-state index in [4.69, 9.17) is 4.42 Å². The highest BCUT2D eigenvalue weighted by Gasteiger charge is 2.23. The van der Waals surface area contributed by atoms with E-state index >= 15 is 0 Å². The van der Waals surface area contributed by atoms with Crippen molar-refractivity contribution in [1.82, 2.24) is 25.1 Å². The molecule has 0 spiro atoms. The average molecular weight is 411 g/mol. The van der Waals surface area contributed by atoms with Gasteiger partial charge in [0, 0.05) is 44.1 Å². The molecule has 8 nitrogen and oxygen atoms in total. The van der Waals surface area contributed by atoms with Gasteiger partial charge in [0.25, 0.3) is 5.22 Å². The fourth-order valence-corrected chi connectivity index (χ4v) is 3.97. The SMILES string of the molecule is Cc1cc(C)cc(-c2nnc(SCC(=O)N3CCN(c4ncccn4)CC3)o2)c1. The van der Waals surface area contributed by atoms with Crippen LogP contribution in [0.4, 0.5) is 5.95 Å². The van der Waals surface area contributed by atoms with Crippen LogP contribution in [0.1, 0.15) is 11.1 Å². The summed E-state index contributed by atoms with van der Waals surface area (Å²) in [6.07, 6.45) is 3.46. The highest BCUT2D eigenvalue weighted by Crippen LogP contribution is 2.25. The van der Waals surface area contributed by atoms with Crippen molar-refractivity contribution >= 4 is 23.6 Å². The quantitative estimate of drug-likeness (QED) is 0.593. The molecule has 0 saturated carbocycles. The number of aromatic nitrogens is 4. The monoisotopic (exact) mass is 410 g/mol. The lowest BCUT2D eigenvalue weighted by atomic mass is 10.1. The smallest absolute Gasteiger partial charge is 0.277 e. The molecule has 4 rings (SSSR count). The molecule has 1 aromatic carbocycles. The number of carbonyl (C=O) groups is 1. The molecular weight excluding hydrogens is 388 g/mol. The highest BCUT2D eigenvalue weighted by molar-refractivity contribution is 7.99. The number of amides is 1. The fourth-order valence-electron chi connectivity index (χ4n) is 3.31. The number of rotatable bonds is 5. The first-order valence-corrected chi connectivity index (χ1v) is 10.4. The Kier molecular flexibility index (Phi) is 5.75. The maximum absolute atomic E-state index is 12.5. The van der Waals surface area contributed by atoms with E-state index in [-0.39, 0.29) is 11.7 Å². The second-order valence-electron chi connectivity index (χ2n) is 6.95. The van der Waals surface area contributed by atoms with Gasteiger partial charge in [-0.3, -0.25) is 4.79 Å². The molecule has 150 valence electrons. The number of nitrogens with zero attached hydrogens (tertiary/aromatic N) is 6. The minimum absolute atomic E-state index is 0.0646. The Bertz CT molecular complexity index is 965. The number of hydrogen-bond acceptors (Lipinski definition) is 8. The standard InChI is InChI=1S/C20H22N6O2S/c1-14-10-15(2)12-16(11-14)18-23-24-20(28-18)29-13-17(27)25-6-8-26(9-7-25)19-21-4-3-5-22-19/h3-5,10-12H,6-9,13H2,1-2H3. The molecule has 29 heavy (non-hydrogen) atoms. The molecule has 1 fully saturated rings. The summed E-state index contributed by atoms with van der Waals surface area (Å²) in [7, 11) is 0. The lowest BCUT2D eigenvalue weighted by molar-refractivity contribution is -0.128. The molecule has 0 radical (unpaired) electrons. The lowest BCUT2D eigenvalue weighted by Crippen LogP contribution is -2.49. The average Bonchev–Trinajstić information content (AvgIpc) is 3.21. The van der Waals surface area contributed by atoms with E-state index in [1.165, 1.54) is 11.8 Å². The largest absolute Gasteiger partial charge is 0.411 e. The van der Waals surface area contributed by atoms with Crippen LogP contribution in [0.3, 0.4) is 0 Å². The Hall–Kier alpha value is -2.94. The number of anilines is 1. The lowest BCUT2D eigenvalue weighted by Gasteiger charge is -2.34. The summed E-state index contributed by atoms with van der Waals surface area (Å²) in [6, 6.07) is 7.91. The molecule has 9 heteroatoms. The van der Waals surface area contributed by atoms with Crippen LogP contribution >= 0.6 is 11.8 Å². The zero-order valence-electron chi connectivity index (χ0n) is 16.4. The summed E-state index contributed by atoms with van der Waals surface area (Å²) in [5.41, 5.74) is 3.18. The van der Waals surface area contributed by atoms with Gasteiger partial charge in [-0.15, -0.1) is 10.2 Å². The predicted molar refractivity (Wildman–Crippen MR) is 111 cm³/mol. The third-order valence-corrected chi connectivity index (χ3v) is 5.46. The minimum atomic E-state index is 0.0646. The number of hydrogen-bond donors (Lipinski definition) is 0. The highest BCUT2D eigenvalue weighted by atomic mass is 32.2. The molecule has 1 saturated heterocycles. The third kappa shape index (κ3) is 4.73. The van der Waals surface area contributed by atoms with Gasteiger partial charge in [0.2, 0.25) is 17.7 Å². The van der Waals surface area contributed by atoms with Crippen LogP contribution in [0.15, 0.2) is 46.3 Å². The number of thioether (sulfide) groups is 1. The van der Waals surface area contributed by atoms with Crippen molar-refractivity contribution in [3.8, 4) is 11.5 Å². The Labute approximate surface area is 173 Å². The van der Waals surface area contributed by atoms with Gasteiger partial charge < -0.3 is 14.2 Å². The Morgan fingerprint density at radius 2 is 1.72 bits per heavy atom. The first-order valence-electron chi connectivity index (χ1n) is 9.43. The van der Waals surface area contributed by atoms with Gasteiger partial charge in [0.05, 0.1) is 5.75 Å². The van der Waals surface area contributed by atoms with Crippen LogP contribution in [0, 0.1) is 13.8 Å². The molecule has 0 aliphatic carbocycles. The van der Waals surface area contributed by atoms with Crippen LogP contribution in [-0.4, -0.2) is 62.9 Å². The number of benzene rings is 1. The van der Waals surface area contributed by atoms with Gasteiger partial charge >= 0.3 is 0 Å². The molecule has 0 atom stereocenters. The van der Waals surface area contributed by atoms with Gasteiger partial charge in [0.1, 0.15) is 0 Å². The molecule has 3 aromatic rings. The molecule has 0 N–H and O–H groups in total. The van der Waals surface area contributed by atoms with Crippen LogP contribution in [0.25, 0.3) is 11.5 Å². The fraction of sp³-hybridized carbons (Fsp3) is 0.350. The second kappa shape index (κ2) is 8.60. The van der Waals surface area contributed by atoms with Gasteiger partial charge in [-0.2, -0.15) is 0 Å². The minimum Gasteiger partial charge on any atom is -0.411 e. The van der Waals surface area contributed by atoms with E-state index in [1.807, 2.05) is 30.9 Å². The summed E-state index contributed by atoms with van der Waals surface area (Å²) in [4.78, 5) is 25.0. The van der Waals surface area contributed by atoms with E-state index < -0.39 is 0 Å². The van der Waals surface area contributed by atoms with Crippen molar-refractivity contribution in [2.75, 3.05) is 36.8 Å². The zero-order valence-corrected chi connectivity index (χ0v) is 17.2. The number of piperazine rings is 1. The molecule has 1 aliphatic heterocycles. The first kappa shape index (κ1) is 19.4. The molecule has 0 unspecified atom stereocenters. The Morgan fingerprint density at radius 1 is 1.03 bits per heavy atom. The van der Waals surface area contributed by atoms with Crippen molar-refractivity contribution < 1.29 is 9.21 Å². The van der Waals surface area contributed by atoms with Crippen molar-refractivity contribution in [3.05, 3.63) is 47.8 Å². The summed E-state index contributed by atoms with van der Waals surface area (Å²) in [5.74, 6) is 1.52. The van der Waals surface area contributed by atoms with Gasteiger partial charge in [-0.1, -0.05) is 29.0 Å². The Balaban J connectivity index is 1.30. The summed E-state index contributed by atoms with van der Waals surface area (Å²) < 4.78 is 5.74. The maximum atomic E-state index is 12.5. The second-order valence-corrected chi connectivity index (χ2v) is 7.88. The number of carbonyl (C=O) groups excluding carboxylic acids is 1. The summed E-state index contributed by atoms with van der Waals surface area (Å²) in [6.45, 7) is 6.80. The van der Waals surface area contributed by atoms with Crippen LogP contribution in [0.5, 0.6) is 0 Å². The van der Waals surface area contributed by atoms with Crippen LogP contribution < -0.4 is 4.90 Å². The van der Waals surface area contributed by atoms with Crippen LogP contribution in [0.2, 0.25) is 0 Å². The molecular formula is C20H22N6O2S. The molecule has 1 amide bonds. The first-order chi connectivity index (χ1) is 14.1. The topological polar surface area (TPSA) is 88.3 Å². The van der Waals surface area contributed by atoms with E-state index in [0.717, 1.165) is 29.8 Å². The van der Waals surface area contributed by atoms with Gasteiger partial charge in [-0.25, -0.2) is 9.97 Å². The molecule has 0 bridgehead atoms. The van der Waals surface area contributed by atoms with E-state index in [1.54, 1.807) is 18.5 Å². The molecule has 1 aliphatic rings.